The lowest BCUT2D eigenvalue weighted by molar-refractivity contribution is 0.501. The van der Waals surface area contributed by atoms with Gasteiger partial charge in [0.25, 0.3) is 0 Å². The second kappa shape index (κ2) is 8.16. The van der Waals surface area contributed by atoms with Gasteiger partial charge >= 0.3 is 0 Å². The standard InChI is InChI=1S/C24H36N2/c1-9-25(22-18(2)12-10-13-19(22)3)16-17-26(24(6,7)8)23-20(4)14-11-15-21(23)5/h10-15H,9,16-17H2,1-8H3. The molecule has 2 aromatic rings. The Morgan fingerprint density at radius 2 is 1.12 bits per heavy atom. The molecule has 0 radical (unpaired) electrons. The van der Waals surface area contributed by atoms with Crippen LogP contribution in [0.4, 0.5) is 11.4 Å². The van der Waals surface area contributed by atoms with E-state index >= 15 is 0 Å². The van der Waals surface area contributed by atoms with Crippen LogP contribution in [-0.4, -0.2) is 25.2 Å². The van der Waals surface area contributed by atoms with Gasteiger partial charge in [-0.3, -0.25) is 0 Å². The summed E-state index contributed by atoms with van der Waals surface area (Å²) in [5.74, 6) is 0. The van der Waals surface area contributed by atoms with Gasteiger partial charge in [-0.1, -0.05) is 36.4 Å². The molecular formula is C24H36N2. The quantitative estimate of drug-likeness (QED) is 0.624. The molecule has 0 bridgehead atoms. The van der Waals surface area contributed by atoms with E-state index in [-0.39, 0.29) is 5.54 Å². The summed E-state index contributed by atoms with van der Waals surface area (Å²) < 4.78 is 0. The number of para-hydroxylation sites is 2. The van der Waals surface area contributed by atoms with Gasteiger partial charge in [0.1, 0.15) is 0 Å². The number of aryl methyl sites for hydroxylation is 4. The van der Waals surface area contributed by atoms with Crippen LogP contribution in [-0.2, 0) is 0 Å². The molecular weight excluding hydrogens is 316 g/mol. The molecule has 2 rings (SSSR count). The van der Waals surface area contributed by atoms with Gasteiger partial charge in [-0.05, 0) is 77.6 Å². The number of anilines is 2. The fourth-order valence-corrected chi connectivity index (χ4v) is 3.97. The number of benzene rings is 2. The van der Waals surface area contributed by atoms with Gasteiger partial charge in [-0.2, -0.15) is 0 Å². The van der Waals surface area contributed by atoms with E-state index in [1.165, 1.54) is 33.6 Å². The second-order valence-electron chi connectivity index (χ2n) is 8.38. The molecule has 2 heteroatoms. The molecule has 0 spiro atoms. The van der Waals surface area contributed by atoms with Crippen molar-refractivity contribution in [3.05, 3.63) is 58.7 Å². The summed E-state index contributed by atoms with van der Waals surface area (Å²) in [5.41, 5.74) is 8.30. The number of hydrogen-bond acceptors (Lipinski definition) is 2. The van der Waals surface area contributed by atoms with Crippen molar-refractivity contribution in [3.63, 3.8) is 0 Å². The smallest absolute Gasteiger partial charge is 0.0430 e. The molecule has 0 saturated heterocycles. The van der Waals surface area contributed by atoms with Crippen LogP contribution < -0.4 is 9.80 Å². The highest BCUT2D eigenvalue weighted by Crippen LogP contribution is 2.31. The Kier molecular flexibility index (Phi) is 6.39. The zero-order valence-electron chi connectivity index (χ0n) is 18.0. The van der Waals surface area contributed by atoms with E-state index < -0.39 is 0 Å². The van der Waals surface area contributed by atoms with Gasteiger partial charge in [0.15, 0.2) is 0 Å². The molecule has 0 fully saturated rings. The molecule has 0 amide bonds. The molecule has 0 aliphatic rings. The number of rotatable bonds is 6. The monoisotopic (exact) mass is 352 g/mol. The summed E-state index contributed by atoms with van der Waals surface area (Å²) >= 11 is 0. The molecule has 0 N–H and O–H groups in total. The summed E-state index contributed by atoms with van der Waals surface area (Å²) in [6.45, 7) is 21.1. The van der Waals surface area contributed by atoms with Gasteiger partial charge in [0.05, 0.1) is 0 Å². The SMILES string of the molecule is CCN(CCN(c1c(C)cccc1C)C(C)(C)C)c1c(C)cccc1C. The molecule has 0 aromatic heterocycles. The van der Waals surface area contributed by atoms with Crippen LogP contribution in [0.1, 0.15) is 49.9 Å². The van der Waals surface area contributed by atoms with Crippen molar-refractivity contribution in [1.29, 1.82) is 0 Å². The van der Waals surface area contributed by atoms with Crippen LogP contribution in [0.5, 0.6) is 0 Å². The van der Waals surface area contributed by atoms with Gasteiger partial charge in [-0.25, -0.2) is 0 Å². The predicted octanol–water partition coefficient (Wildman–Crippen LogP) is 6.05. The minimum Gasteiger partial charge on any atom is -0.370 e. The van der Waals surface area contributed by atoms with E-state index in [9.17, 15) is 0 Å². The first-order valence-corrected chi connectivity index (χ1v) is 9.81. The van der Waals surface area contributed by atoms with Gasteiger partial charge in [0.2, 0.25) is 0 Å². The van der Waals surface area contributed by atoms with Crippen molar-refractivity contribution >= 4 is 11.4 Å². The van der Waals surface area contributed by atoms with Crippen molar-refractivity contribution < 1.29 is 0 Å². The van der Waals surface area contributed by atoms with Crippen molar-refractivity contribution in [3.8, 4) is 0 Å². The zero-order chi connectivity index (χ0) is 19.5. The Morgan fingerprint density at radius 1 is 0.692 bits per heavy atom. The van der Waals surface area contributed by atoms with E-state index in [0.717, 1.165) is 19.6 Å². The van der Waals surface area contributed by atoms with Gasteiger partial charge < -0.3 is 9.80 Å². The Balaban J connectivity index is 2.33. The maximum absolute atomic E-state index is 2.58. The maximum Gasteiger partial charge on any atom is 0.0430 e. The van der Waals surface area contributed by atoms with Gasteiger partial charge in [0, 0.05) is 36.5 Å². The van der Waals surface area contributed by atoms with Crippen molar-refractivity contribution in [2.75, 3.05) is 29.4 Å². The normalized spacial score (nSPS) is 11.5. The van der Waals surface area contributed by atoms with E-state index in [0.29, 0.717) is 0 Å². The predicted molar refractivity (Wildman–Crippen MR) is 117 cm³/mol. The van der Waals surface area contributed by atoms with Crippen LogP contribution in [0.2, 0.25) is 0 Å². The highest BCUT2D eigenvalue weighted by atomic mass is 15.2. The molecule has 142 valence electrons. The average Bonchev–Trinajstić information content (AvgIpc) is 2.54. The second-order valence-corrected chi connectivity index (χ2v) is 8.38. The van der Waals surface area contributed by atoms with Crippen molar-refractivity contribution in [2.45, 2.75) is 60.9 Å². The van der Waals surface area contributed by atoms with Crippen LogP contribution in [0.15, 0.2) is 36.4 Å². The topological polar surface area (TPSA) is 6.48 Å². The molecule has 0 saturated carbocycles. The van der Waals surface area contributed by atoms with E-state index in [1.54, 1.807) is 0 Å². The van der Waals surface area contributed by atoms with E-state index in [2.05, 4.69) is 102 Å². The highest BCUT2D eigenvalue weighted by Gasteiger charge is 2.25. The third-order valence-electron chi connectivity index (χ3n) is 5.25. The van der Waals surface area contributed by atoms with Gasteiger partial charge in [-0.15, -0.1) is 0 Å². The van der Waals surface area contributed by atoms with E-state index in [1.807, 2.05) is 0 Å². The molecule has 26 heavy (non-hydrogen) atoms. The fourth-order valence-electron chi connectivity index (χ4n) is 3.97. The molecule has 0 aliphatic heterocycles. The molecule has 0 aliphatic carbocycles. The van der Waals surface area contributed by atoms with Crippen LogP contribution in [0.3, 0.4) is 0 Å². The first kappa shape index (κ1) is 20.4. The Bertz CT molecular complexity index is 700. The van der Waals surface area contributed by atoms with Crippen LogP contribution in [0.25, 0.3) is 0 Å². The molecule has 2 aromatic carbocycles. The summed E-state index contributed by atoms with van der Waals surface area (Å²) in [4.78, 5) is 5.10. The minimum atomic E-state index is 0.0804. The lowest BCUT2D eigenvalue weighted by atomic mass is 10.00. The summed E-state index contributed by atoms with van der Waals surface area (Å²) in [6, 6.07) is 13.2. The van der Waals surface area contributed by atoms with Crippen molar-refractivity contribution in [2.24, 2.45) is 0 Å². The van der Waals surface area contributed by atoms with Crippen LogP contribution >= 0.6 is 0 Å². The Morgan fingerprint density at radius 3 is 1.50 bits per heavy atom. The molecule has 0 heterocycles. The minimum absolute atomic E-state index is 0.0804. The maximum atomic E-state index is 2.58. The highest BCUT2D eigenvalue weighted by molar-refractivity contribution is 5.62. The average molecular weight is 353 g/mol. The number of likely N-dealkylation sites (N-methyl/N-ethyl adjacent to an activating group) is 1. The summed E-state index contributed by atoms with van der Waals surface area (Å²) in [5, 5.41) is 0. The summed E-state index contributed by atoms with van der Waals surface area (Å²) in [7, 11) is 0. The third kappa shape index (κ3) is 4.41. The molecule has 0 unspecified atom stereocenters. The fraction of sp³-hybridized carbons (Fsp3) is 0.500. The first-order chi connectivity index (χ1) is 12.2. The number of hydrogen-bond donors (Lipinski definition) is 0. The molecule has 2 nitrogen and oxygen atoms in total. The first-order valence-electron chi connectivity index (χ1n) is 9.81. The van der Waals surface area contributed by atoms with Crippen molar-refractivity contribution in [1.82, 2.24) is 0 Å². The largest absolute Gasteiger partial charge is 0.370 e. The molecule has 0 atom stereocenters. The lowest BCUT2D eigenvalue weighted by Gasteiger charge is -2.41. The third-order valence-corrected chi connectivity index (χ3v) is 5.25. The van der Waals surface area contributed by atoms with Crippen LogP contribution in [0, 0.1) is 27.7 Å². The number of nitrogens with zero attached hydrogens (tertiary/aromatic N) is 2. The summed E-state index contributed by atoms with van der Waals surface area (Å²) in [6.07, 6.45) is 0. The Hall–Kier alpha value is -1.96. The zero-order valence-corrected chi connectivity index (χ0v) is 18.0. The lowest BCUT2D eigenvalue weighted by Crippen LogP contribution is -2.46. The van der Waals surface area contributed by atoms with E-state index in [4.69, 9.17) is 0 Å². The Labute approximate surface area is 160 Å².